The topological polar surface area (TPSA) is 4.93 Å². The number of para-hydroxylation sites is 1. The van der Waals surface area contributed by atoms with Gasteiger partial charge in [-0.2, -0.15) is 0 Å². The maximum Gasteiger partial charge on any atom is 0.0714 e. The van der Waals surface area contributed by atoms with Crippen LogP contribution in [0.2, 0.25) is 0 Å². The van der Waals surface area contributed by atoms with E-state index in [9.17, 15) is 0 Å². The van der Waals surface area contributed by atoms with Crippen LogP contribution in [0.3, 0.4) is 0 Å². The Morgan fingerprint density at radius 1 is 0.577 bits per heavy atom. The van der Waals surface area contributed by atoms with Crippen molar-refractivity contribution < 1.29 is 0 Å². The van der Waals surface area contributed by atoms with E-state index in [2.05, 4.69) is 200 Å². The number of allylic oxidation sites excluding steroid dienone is 5. The second-order valence-corrected chi connectivity index (χ2v) is 13.8. The summed E-state index contributed by atoms with van der Waals surface area (Å²) in [7, 11) is 0. The van der Waals surface area contributed by atoms with Crippen LogP contribution >= 0.6 is 0 Å². The summed E-state index contributed by atoms with van der Waals surface area (Å²) in [6, 6.07) is 62.9. The molecule has 1 heteroatoms. The number of hydrogen-bond acceptors (Lipinski definition) is 0. The first-order valence-corrected chi connectivity index (χ1v) is 18.1. The molecule has 0 fully saturated rings. The number of fused-ring (bicyclic) bond motifs is 6. The monoisotopic (exact) mass is 665 g/mol. The molecular weight excluding hydrogens is 627 g/mol. The molecule has 0 N–H and O–H groups in total. The average molecular weight is 666 g/mol. The molecule has 52 heavy (non-hydrogen) atoms. The highest BCUT2D eigenvalue weighted by Gasteiger charge is 2.46. The molecule has 0 radical (unpaired) electrons. The molecule has 1 nitrogen and oxygen atoms in total. The second kappa shape index (κ2) is 13.0. The van der Waals surface area contributed by atoms with Gasteiger partial charge in [-0.3, -0.25) is 0 Å². The highest BCUT2D eigenvalue weighted by Crippen LogP contribution is 2.56. The Kier molecular flexibility index (Phi) is 7.90. The third-order valence-electron chi connectivity index (χ3n) is 10.8. The van der Waals surface area contributed by atoms with Crippen molar-refractivity contribution in [1.29, 1.82) is 0 Å². The van der Waals surface area contributed by atoms with Gasteiger partial charge >= 0.3 is 0 Å². The van der Waals surface area contributed by atoms with Crippen LogP contribution in [0.4, 0.5) is 0 Å². The number of aryl methyl sites for hydroxylation is 1. The van der Waals surface area contributed by atoms with E-state index in [0.717, 1.165) is 12.1 Å². The second-order valence-electron chi connectivity index (χ2n) is 13.8. The molecule has 0 saturated carbocycles. The maximum atomic E-state index is 3.90. The molecule has 0 saturated heterocycles. The van der Waals surface area contributed by atoms with Crippen molar-refractivity contribution in [2.75, 3.05) is 0 Å². The van der Waals surface area contributed by atoms with Gasteiger partial charge in [0, 0.05) is 16.5 Å². The fourth-order valence-electron chi connectivity index (χ4n) is 8.45. The lowest BCUT2D eigenvalue weighted by molar-refractivity contribution is 0.767. The summed E-state index contributed by atoms with van der Waals surface area (Å²) in [6.45, 7) is 6.04. The quantitative estimate of drug-likeness (QED) is 0.142. The summed E-state index contributed by atoms with van der Waals surface area (Å²) >= 11 is 0. The normalized spacial score (nSPS) is 13.4. The molecule has 0 unspecified atom stereocenters. The molecule has 0 atom stereocenters. The SMILES string of the molecule is C=C/C=C\C=C(/Cc1ccc(C)cc1)c1ccc2c3ccccc3n(-c3ccc4c(c3)C(c3ccccc3)(c3ccccc3)c3ccccc3-4)c2c1. The molecule has 1 heterocycles. The highest BCUT2D eigenvalue weighted by molar-refractivity contribution is 6.10. The predicted molar refractivity (Wildman–Crippen MR) is 220 cm³/mol. The summed E-state index contributed by atoms with van der Waals surface area (Å²) in [5, 5.41) is 2.50. The fourth-order valence-corrected chi connectivity index (χ4v) is 8.45. The molecule has 1 aromatic heterocycles. The highest BCUT2D eigenvalue weighted by atomic mass is 15.0. The number of benzene rings is 7. The van der Waals surface area contributed by atoms with Crippen LogP contribution in [-0.2, 0) is 11.8 Å². The Morgan fingerprint density at radius 3 is 1.98 bits per heavy atom. The Balaban J connectivity index is 1.29. The van der Waals surface area contributed by atoms with Gasteiger partial charge in [0.15, 0.2) is 0 Å². The van der Waals surface area contributed by atoms with E-state index in [1.165, 1.54) is 77.5 Å². The van der Waals surface area contributed by atoms with Crippen molar-refractivity contribution in [1.82, 2.24) is 4.57 Å². The van der Waals surface area contributed by atoms with E-state index in [1.54, 1.807) is 0 Å². The van der Waals surface area contributed by atoms with Gasteiger partial charge in [-0.1, -0.05) is 182 Å². The third kappa shape index (κ3) is 5.09. The van der Waals surface area contributed by atoms with Crippen molar-refractivity contribution in [3.05, 3.63) is 240 Å². The van der Waals surface area contributed by atoms with Gasteiger partial charge in [0.1, 0.15) is 0 Å². The summed E-state index contributed by atoms with van der Waals surface area (Å²) in [5.41, 5.74) is 15.9. The number of nitrogens with zero attached hydrogens (tertiary/aromatic N) is 1. The molecule has 0 bridgehead atoms. The molecule has 0 aliphatic heterocycles. The Morgan fingerprint density at radius 2 is 1.23 bits per heavy atom. The van der Waals surface area contributed by atoms with E-state index < -0.39 is 5.41 Å². The molecule has 1 aliphatic carbocycles. The van der Waals surface area contributed by atoms with Gasteiger partial charge in [0.25, 0.3) is 0 Å². The minimum Gasteiger partial charge on any atom is -0.309 e. The van der Waals surface area contributed by atoms with E-state index in [0.29, 0.717) is 0 Å². The lowest BCUT2D eigenvalue weighted by Gasteiger charge is -2.34. The van der Waals surface area contributed by atoms with Gasteiger partial charge in [-0.15, -0.1) is 0 Å². The summed E-state index contributed by atoms with van der Waals surface area (Å²) in [5.74, 6) is 0. The van der Waals surface area contributed by atoms with Crippen molar-refractivity contribution in [3.8, 4) is 16.8 Å². The molecule has 0 amide bonds. The lowest BCUT2D eigenvalue weighted by atomic mass is 9.67. The van der Waals surface area contributed by atoms with Gasteiger partial charge in [-0.25, -0.2) is 0 Å². The lowest BCUT2D eigenvalue weighted by Crippen LogP contribution is -2.28. The Bertz CT molecular complexity index is 2610. The van der Waals surface area contributed by atoms with Gasteiger partial charge in [-0.05, 0) is 87.7 Å². The zero-order valence-corrected chi connectivity index (χ0v) is 29.3. The van der Waals surface area contributed by atoms with Gasteiger partial charge < -0.3 is 4.57 Å². The Hall–Kier alpha value is -6.44. The minimum atomic E-state index is -0.462. The van der Waals surface area contributed by atoms with Crippen molar-refractivity contribution >= 4 is 27.4 Å². The number of aromatic nitrogens is 1. The van der Waals surface area contributed by atoms with Crippen LogP contribution in [0.25, 0.3) is 44.2 Å². The molecule has 248 valence electrons. The standard InChI is InChI=1S/C51H39N/c1-3-4-7-16-38(33-37-27-25-36(2)26-28-37)39-29-31-46-45-22-13-15-24-49(45)52(50(46)34-39)42-30-32-44-43-21-12-14-23-47(43)51(48(44)35-42,40-17-8-5-9-18-40)41-19-10-6-11-20-41/h3-32,34-35H,1,33H2,2H3/b7-4-,38-16+. The van der Waals surface area contributed by atoms with Crippen molar-refractivity contribution in [3.63, 3.8) is 0 Å². The Labute approximate surface area is 306 Å². The summed E-state index contributed by atoms with van der Waals surface area (Å²) < 4.78 is 2.47. The van der Waals surface area contributed by atoms with Crippen molar-refractivity contribution in [2.45, 2.75) is 18.8 Å². The van der Waals surface area contributed by atoms with Gasteiger partial charge in [0.05, 0.1) is 16.4 Å². The van der Waals surface area contributed by atoms with Crippen LogP contribution in [0.15, 0.2) is 201 Å². The largest absolute Gasteiger partial charge is 0.309 e. The van der Waals surface area contributed by atoms with E-state index in [-0.39, 0.29) is 0 Å². The molecule has 0 spiro atoms. The van der Waals surface area contributed by atoms with E-state index in [1.807, 2.05) is 12.2 Å². The van der Waals surface area contributed by atoms with Crippen LogP contribution in [0, 0.1) is 6.92 Å². The molecular formula is C51H39N. The average Bonchev–Trinajstić information content (AvgIpc) is 3.69. The first-order chi connectivity index (χ1) is 25.7. The number of rotatable bonds is 8. The third-order valence-corrected chi connectivity index (χ3v) is 10.8. The van der Waals surface area contributed by atoms with E-state index >= 15 is 0 Å². The number of hydrogen-bond donors (Lipinski definition) is 0. The first kappa shape index (κ1) is 31.5. The first-order valence-electron chi connectivity index (χ1n) is 18.1. The van der Waals surface area contributed by atoms with Gasteiger partial charge in [0.2, 0.25) is 0 Å². The molecule has 7 aromatic carbocycles. The van der Waals surface area contributed by atoms with Crippen molar-refractivity contribution in [2.24, 2.45) is 0 Å². The van der Waals surface area contributed by atoms with E-state index in [4.69, 9.17) is 0 Å². The van der Waals surface area contributed by atoms with Crippen LogP contribution in [0.1, 0.15) is 38.9 Å². The maximum absolute atomic E-state index is 3.90. The minimum absolute atomic E-state index is 0.462. The molecule has 8 aromatic rings. The summed E-state index contributed by atoms with van der Waals surface area (Å²) in [6.07, 6.45) is 9.00. The predicted octanol–water partition coefficient (Wildman–Crippen LogP) is 12.8. The molecule has 9 rings (SSSR count). The van der Waals surface area contributed by atoms with Crippen LogP contribution in [-0.4, -0.2) is 4.57 Å². The molecule has 1 aliphatic rings. The van der Waals surface area contributed by atoms with Crippen LogP contribution < -0.4 is 0 Å². The zero-order chi connectivity index (χ0) is 35.1. The zero-order valence-electron chi connectivity index (χ0n) is 29.3. The van der Waals surface area contributed by atoms with Crippen LogP contribution in [0.5, 0.6) is 0 Å². The summed E-state index contributed by atoms with van der Waals surface area (Å²) in [4.78, 5) is 0. The fraction of sp³-hybridized carbons (Fsp3) is 0.0588. The smallest absolute Gasteiger partial charge is 0.0714 e.